The molecule has 1 aromatic rings. The van der Waals surface area contributed by atoms with Crippen LogP contribution in [-0.4, -0.2) is 35.6 Å². The molecule has 3 amide bonds. The lowest BCUT2D eigenvalue weighted by atomic mass is 9.95. The number of imide groups is 1. The number of carbonyl (C=O) groups is 3. The van der Waals surface area contributed by atoms with E-state index in [-0.39, 0.29) is 5.56 Å². The molecule has 0 aliphatic carbocycles. The highest BCUT2D eigenvalue weighted by molar-refractivity contribution is 5.98. The Morgan fingerprint density at radius 3 is 2.71 bits per heavy atom. The SMILES string of the molecule is CC(C(=O)NC(N)=O)N1CCCc2c(C(=O)O)cccc21. The number of amides is 3. The van der Waals surface area contributed by atoms with E-state index in [4.69, 9.17) is 5.73 Å². The molecule has 7 heteroatoms. The van der Waals surface area contributed by atoms with Gasteiger partial charge in [-0.3, -0.25) is 10.1 Å². The average molecular weight is 291 g/mol. The molecule has 0 radical (unpaired) electrons. The van der Waals surface area contributed by atoms with E-state index in [0.29, 0.717) is 18.7 Å². The molecular formula is C14H17N3O4. The number of anilines is 1. The van der Waals surface area contributed by atoms with E-state index in [2.05, 4.69) is 0 Å². The van der Waals surface area contributed by atoms with Crippen LogP contribution in [0, 0.1) is 0 Å². The molecule has 1 heterocycles. The molecule has 1 atom stereocenters. The van der Waals surface area contributed by atoms with Crippen molar-refractivity contribution in [1.29, 1.82) is 0 Å². The largest absolute Gasteiger partial charge is 0.478 e. The number of carbonyl (C=O) groups excluding carboxylic acids is 2. The second-order valence-electron chi connectivity index (χ2n) is 4.93. The molecule has 0 saturated carbocycles. The monoisotopic (exact) mass is 291 g/mol. The Bertz CT molecular complexity index is 600. The van der Waals surface area contributed by atoms with E-state index in [1.54, 1.807) is 30.0 Å². The molecule has 0 saturated heterocycles. The number of hydrogen-bond donors (Lipinski definition) is 3. The minimum atomic E-state index is -0.983. The van der Waals surface area contributed by atoms with Gasteiger partial charge in [0.15, 0.2) is 0 Å². The number of nitrogens with zero attached hydrogens (tertiary/aromatic N) is 1. The minimum absolute atomic E-state index is 0.250. The first-order chi connectivity index (χ1) is 9.91. The maximum atomic E-state index is 11.9. The van der Waals surface area contributed by atoms with Crippen LogP contribution in [0.3, 0.4) is 0 Å². The molecule has 4 N–H and O–H groups in total. The zero-order valence-corrected chi connectivity index (χ0v) is 11.6. The van der Waals surface area contributed by atoms with Gasteiger partial charge in [-0.25, -0.2) is 9.59 Å². The summed E-state index contributed by atoms with van der Waals surface area (Å²) in [6.45, 7) is 2.27. The molecule has 1 aromatic carbocycles. The smallest absolute Gasteiger partial charge is 0.336 e. The molecule has 0 spiro atoms. The van der Waals surface area contributed by atoms with Crippen LogP contribution in [0.1, 0.15) is 29.3 Å². The maximum absolute atomic E-state index is 11.9. The van der Waals surface area contributed by atoms with Crippen LogP contribution in [0.25, 0.3) is 0 Å². The summed E-state index contributed by atoms with van der Waals surface area (Å²) in [6.07, 6.45) is 1.39. The highest BCUT2D eigenvalue weighted by Gasteiger charge is 2.28. The number of carboxylic acid groups (broad SMARTS) is 1. The second-order valence-corrected chi connectivity index (χ2v) is 4.93. The van der Waals surface area contributed by atoms with Crippen LogP contribution >= 0.6 is 0 Å². The number of aromatic carboxylic acids is 1. The van der Waals surface area contributed by atoms with Gasteiger partial charge in [-0.05, 0) is 37.5 Å². The molecule has 112 valence electrons. The lowest BCUT2D eigenvalue weighted by molar-refractivity contribution is -0.120. The number of hydrogen-bond acceptors (Lipinski definition) is 4. The standard InChI is InChI=1S/C14H17N3O4/c1-8(12(18)16-14(15)21)17-7-3-5-9-10(13(19)20)4-2-6-11(9)17/h2,4,6,8H,3,5,7H2,1H3,(H,19,20)(H3,15,16,18,21). The number of carboxylic acids is 1. The Morgan fingerprint density at radius 2 is 2.10 bits per heavy atom. The second kappa shape index (κ2) is 5.82. The number of urea groups is 1. The molecule has 0 bridgehead atoms. The van der Waals surface area contributed by atoms with E-state index in [1.165, 1.54) is 0 Å². The molecule has 1 aliphatic rings. The van der Waals surface area contributed by atoms with Crippen LogP contribution in [0.2, 0.25) is 0 Å². The summed E-state index contributed by atoms with van der Waals surface area (Å²) in [5.74, 6) is -1.49. The van der Waals surface area contributed by atoms with E-state index in [1.807, 2.05) is 5.32 Å². The normalized spacial score (nSPS) is 15.0. The fraction of sp³-hybridized carbons (Fsp3) is 0.357. The molecular weight excluding hydrogens is 274 g/mol. The van der Waals surface area contributed by atoms with Crippen LogP contribution < -0.4 is 16.0 Å². The van der Waals surface area contributed by atoms with E-state index >= 15 is 0 Å². The van der Waals surface area contributed by atoms with Gasteiger partial charge in [0.05, 0.1) is 5.56 Å². The molecule has 21 heavy (non-hydrogen) atoms. The Hall–Kier alpha value is -2.57. The van der Waals surface area contributed by atoms with Crippen LogP contribution in [0.5, 0.6) is 0 Å². The van der Waals surface area contributed by atoms with Crippen LogP contribution in [0.15, 0.2) is 18.2 Å². The van der Waals surface area contributed by atoms with E-state index in [9.17, 15) is 19.5 Å². The van der Waals surface area contributed by atoms with Gasteiger partial charge in [0.25, 0.3) is 0 Å². The molecule has 0 fully saturated rings. The first kappa shape index (κ1) is 14.8. The van der Waals surface area contributed by atoms with Crippen molar-refractivity contribution in [2.75, 3.05) is 11.4 Å². The molecule has 1 unspecified atom stereocenters. The third-order valence-corrected chi connectivity index (χ3v) is 3.61. The van der Waals surface area contributed by atoms with Gasteiger partial charge < -0.3 is 15.7 Å². The number of benzene rings is 1. The van der Waals surface area contributed by atoms with Crippen molar-refractivity contribution in [3.63, 3.8) is 0 Å². The first-order valence-corrected chi connectivity index (χ1v) is 6.64. The van der Waals surface area contributed by atoms with Gasteiger partial charge in [0, 0.05) is 12.2 Å². The maximum Gasteiger partial charge on any atom is 0.336 e. The van der Waals surface area contributed by atoms with Crippen molar-refractivity contribution in [3.8, 4) is 0 Å². The lowest BCUT2D eigenvalue weighted by Gasteiger charge is -2.35. The van der Waals surface area contributed by atoms with Gasteiger partial charge in [-0.2, -0.15) is 0 Å². The Balaban J connectivity index is 2.34. The first-order valence-electron chi connectivity index (χ1n) is 6.64. The summed E-state index contributed by atoms with van der Waals surface area (Å²) in [5, 5.41) is 11.3. The average Bonchev–Trinajstić information content (AvgIpc) is 2.44. The van der Waals surface area contributed by atoms with E-state index in [0.717, 1.165) is 12.0 Å². The van der Waals surface area contributed by atoms with Crippen molar-refractivity contribution in [2.45, 2.75) is 25.8 Å². The number of rotatable bonds is 3. The summed E-state index contributed by atoms with van der Waals surface area (Å²) >= 11 is 0. The summed E-state index contributed by atoms with van der Waals surface area (Å²) in [7, 11) is 0. The number of primary amides is 1. The van der Waals surface area contributed by atoms with Crippen molar-refractivity contribution < 1.29 is 19.5 Å². The third kappa shape index (κ3) is 2.96. The Labute approximate surface area is 121 Å². The zero-order valence-electron chi connectivity index (χ0n) is 11.6. The van der Waals surface area contributed by atoms with E-state index < -0.39 is 23.9 Å². The van der Waals surface area contributed by atoms with Gasteiger partial charge in [0.1, 0.15) is 6.04 Å². The van der Waals surface area contributed by atoms with Gasteiger partial charge in [-0.15, -0.1) is 0 Å². The number of nitrogens with one attached hydrogen (secondary N) is 1. The summed E-state index contributed by atoms with van der Waals surface area (Å²) in [5.41, 5.74) is 6.64. The van der Waals surface area contributed by atoms with Crippen molar-refractivity contribution in [3.05, 3.63) is 29.3 Å². The zero-order chi connectivity index (χ0) is 15.6. The summed E-state index contributed by atoms with van der Waals surface area (Å²) in [6, 6.07) is 3.48. The lowest BCUT2D eigenvalue weighted by Crippen LogP contribution is -2.50. The van der Waals surface area contributed by atoms with Crippen LogP contribution in [0.4, 0.5) is 10.5 Å². The molecule has 0 aromatic heterocycles. The fourth-order valence-corrected chi connectivity index (χ4v) is 2.62. The van der Waals surface area contributed by atoms with Crippen molar-refractivity contribution >= 4 is 23.6 Å². The molecule has 7 nitrogen and oxygen atoms in total. The third-order valence-electron chi connectivity index (χ3n) is 3.61. The molecule has 2 rings (SSSR count). The fourth-order valence-electron chi connectivity index (χ4n) is 2.62. The summed E-state index contributed by atoms with van der Waals surface area (Å²) in [4.78, 5) is 35.8. The predicted octanol–water partition coefficient (Wildman–Crippen LogP) is 0.721. The van der Waals surface area contributed by atoms with Gasteiger partial charge in [0.2, 0.25) is 5.91 Å². The molecule has 1 aliphatic heterocycles. The van der Waals surface area contributed by atoms with Gasteiger partial charge in [-0.1, -0.05) is 6.07 Å². The highest BCUT2D eigenvalue weighted by Crippen LogP contribution is 2.31. The minimum Gasteiger partial charge on any atom is -0.478 e. The summed E-state index contributed by atoms with van der Waals surface area (Å²) < 4.78 is 0. The number of nitrogens with two attached hydrogens (primary N) is 1. The Kier molecular flexibility index (Phi) is 4.11. The number of fused-ring (bicyclic) bond motifs is 1. The predicted molar refractivity (Wildman–Crippen MR) is 76.3 cm³/mol. The highest BCUT2D eigenvalue weighted by atomic mass is 16.4. The van der Waals surface area contributed by atoms with Crippen LogP contribution in [-0.2, 0) is 11.2 Å². The van der Waals surface area contributed by atoms with Crippen molar-refractivity contribution in [2.24, 2.45) is 5.73 Å². The van der Waals surface area contributed by atoms with Gasteiger partial charge >= 0.3 is 12.0 Å². The topological polar surface area (TPSA) is 113 Å². The Morgan fingerprint density at radius 1 is 1.38 bits per heavy atom. The quantitative estimate of drug-likeness (QED) is 0.759. The van der Waals surface area contributed by atoms with Crippen molar-refractivity contribution in [1.82, 2.24) is 5.32 Å².